The molecule has 0 spiro atoms. The smallest absolute Gasteiger partial charge is 0.0322 e. The second-order valence-corrected chi connectivity index (χ2v) is 6.37. The fourth-order valence-corrected chi connectivity index (χ4v) is 3.16. The van der Waals surface area contributed by atoms with Crippen LogP contribution in [0.5, 0.6) is 0 Å². The lowest BCUT2D eigenvalue weighted by atomic mass is 9.91. The first-order valence-electron chi connectivity index (χ1n) is 7.71. The van der Waals surface area contributed by atoms with Gasteiger partial charge < -0.3 is 5.32 Å². The van der Waals surface area contributed by atoms with Crippen molar-refractivity contribution in [2.45, 2.75) is 57.9 Å². The third-order valence-electron chi connectivity index (χ3n) is 3.77. The summed E-state index contributed by atoms with van der Waals surface area (Å²) in [7, 11) is 0. The van der Waals surface area contributed by atoms with Crippen LogP contribution in [0.3, 0.4) is 0 Å². The van der Waals surface area contributed by atoms with Crippen molar-refractivity contribution in [2.24, 2.45) is 5.92 Å². The molecule has 2 heteroatoms. The van der Waals surface area contributed by atoms with Crippen LogP contribution in [0, 0.1) is 5.92 Å². The van der Waals surface area contributed by atoms with Crippen molar-refractivity contribution in [3.63, 3.8) is 0 Å². The quantitative estimate of drug-likeness (QED) is 0.618. The summed E-state index contributed by atoms with van der Waals surface area (Å²) in [6.07, 6.45) is 3.81. The molecule has 1 rings (SSSR count). The molecule has 1 atom stereocenters. The molecule has 0 aliphatic rings. The number of hydrogen-bond acceptors (Lipinski definition) is 2. The van der Waals surface area contributed by atoms with E-state index in [1.165, 1.54) is 29.7 Å². The Kier molecular flexibility index (Phi) is 8.24. The highest BCUT2D eigenvalue weighted by atomic mass is 32.2. The van der Waals surface area contributed by atoms with E-state index >= 15 is 0 Å². The standard InChI is InChI=1S/C17H29NS/c1-5-14(6-2)13-17(18-7-3)15-9-11-16(12-10-15)19-8-4/h9-12,14,17-18H,5-8,13H2,1-4H3. The Morgan fingerprint density at radius 2 is 1.63 bits per heavy atom. The molecule has 1 N–H and O–H groups in total. The Balaban J connectivity index is 2.74. The molecule has 0 amide bonds. The Bertz CT molecular complexity index is 330. The number of nitrogens with one attached hydrogen (secondary N) is 1. The summed E-state index contributed by atoms with van der Waals surface area (Å²) >= 11 is 1.91. The van der Waals surface area contributed by atoms with E-state index in [9.17, 15) is 0 Å². The summed E-state index contributed by atoms with van der Waals surface area (Å²) in [5.74, 6) is 1.97. The summed E-state index contributed by atoms with van der Waals surface area (Å²) in [5.41, 5.74) is 1.44. The van der Waals surface area contributed by atoms with Crippen molar-refractivity contribution < 1.29 is 0 Å². The molecular weight excluding hydrogens is 250 g/mol. The van der Waals surface area contributed by atoms with Crippen molar-refractivity contribution >= 4 is 11.8 Å². The molecule has 1 unspecified atom stereocenters. The van der Waals surface area contributed by atoms with Gasteiger partial charge in [0.1, 0.15) is 0 Å². The fourth-order valence-electron chi connectivity index (χ4n) is 2.50. The largest absolute Gasteiger partial charge is 0.310 e. The highest BCUT2D eigenvalue weighted by Gasteiger charge is 2.15. The second-order valence-electron chi connectivity index (χ2n) is 5.03. The van der Waals surface area contributed by atoms with Gasteiger partial charge in [0.2, 0.25) is 0 Å². The first-order chi connectivity index (χ1) is 9.24. The molecule has 0 radical (unpaired) electrons. The first-order valence-corrected chi connectivity index (χ1v) is 8.69. The maximum absolute atomic E-state index is 3.64. The molecule has 0 aliphatic heterocycles. The number of rotatable bonds is 9. The molecular formula is C17H29NS. The first kappa shape index (κ1) is 16.6. The molecule has 0 bridgehead atoms. The van der Waals surface area contributed by atoms with Crippen LogP contribution in [-0.4, -0.2) is 12.3 Å². The molecule has 0 aromatic heterocycles. The molecule has 0 fully saturated rings. The van der Waals surface area contributed by atoms with Crippen LogP contribution < -0.4 is 5.32 Å². The zero-order chi connectivity index (χ0) is 14.1. The van der Waals surface area contributed by atoms with Crippen molar-refractivity contribution in [1.29, 1.82) is 0 Å². The highest BCUT2D eigenvalue weighted by Crippen LogP contribution is 2.27. The molecule has 0 saturated heterocycles. The van der Waals surface area contributed by atoms with Gasteiger partial charge in [-0.2, -0.15) is 0 Å². The summed E-state index contributed by atoms with van der Waals surface area (Å²) < 4.78 is 0. The lowest BCUT2D eigenvalue weighted by Gasteiger charge is -2.23. The van der Waals surface area contributed by atoms with Crippen molar-refractivity contribution in [3.05, 3.63) is 29.8 Å². The van der Waals surface area contributed by atoms with E-state index in [4.69, 9.17) is 0 Å². The predicted octanol–water partition coefficient (Wildman–Crippen LogP) is 5.28. The lowest BCUT2D eigenvalue weighted by Crippen LogP contribution is -2.23. The third-order valence-corrected chi connectivity index (χ3v) is 4.66. The second kappa shape index (κ2) is 9.44. The van der Waals surface area contributed by atoms with Gasteiger partial charge in [-0.3, -0.25) is 0 Å². The van der Waals surface area contributed by atoms with Crippen molar-refractivity contribution in [2.75, 3.05) is 12.3 Å². The summed E-state index contributed by atoms with van der Waals surface area (Å²) in [6, 6.07) is 9.64. The van der Waals surface area contributed by atoms with E-state index in [1.54, 1.807) is 0 Å². The predicted molar refractivity (Wildman–Crippen MR) is 87.9 cm³/mol. The molecule has 1 aromatic carbocycles. The SMILES string of the molecule is CCNC(CC(CC)CC)c1ccc(SCC)cc1. The molecule has 0 aliphatic carbocycles. The van der Waals surface area contributed by atoms with Gasteiger partial charge in [0.15, 0.2) is 0 Å². The maximum atomic E-state index is 3.64. The topological polar surface area (TPSA) is 12.0 Å². The van der Waals surface area contributed by atoms with E-state index in [2.05, 4.69) is 57.3 Å². The normalized spacial score (nSPS) is 12.9. The molecule has 1 nitrogen and oxygen atoms in total. The lowest BCUT2D eigenvalue weighted by molar-refractivity contribution is 0.375. The summed E-state index contributed by atoms with van der Waals surface area (Å²) in [4.78, 5) is 1.38. The van der Waals surface area contributed by atoms with Crippen LogP contribution in [-0.2, 0) is 0 Å². The molecule has 0 saturated carbocycles. The van der Waals surface area contributed by atoms with E-state index in [1.807, 2.05) is 11.8 Å². The van der Waals surface area contributed by atoms with Gasteiger partial charge in [0, 0.05) is 10.9 Å². The highest BCUT2D eigenvalue weighted by molar-refractivity contribution is 7.99. The van der Waals surface area contributed by atoms with Crippen LogP contribution >= 0.6 is 11.8 Å². The van der Waals surface area contributed by atoms with Crippen LogP contribution in [0.4, 0.5) is 0 Å². The zero-order valence-corrected chi connectivity index (χ0v) is 13.7. The van der Waals surface area contributed by atoms with Crippen molar-refractivity contribution in [1.82, 2.24) is 5.32 Å². The minimum atomic E-state index is 0.510. The van der Waals surface area contributed by atoms with Crippen LogP contribution in [0.2, 0.25) is 0 Å². The third kappa shape index (κ3) is 5.58. The zero-order valence-electron chi connectivity index (χ0n) is 12.9. The van der Waals surface area contributed by atoms with E-state index in [-0.39, 0.29) is 0 Å². The van der Waals surface area contributed by atoms with Crippen LogP contribution in [0.1, 0.15) is 58.6 Å². The van der Waals surface area contributed by atoms with Gasteiger partial charge in [-0.25, -0.2) is 0 Å². The van der Waals surface area contributed by atoms with Crippen LogP contribution in [0.15, 0.2) is 29.2 Å². The van der Waals surface area contributed by atoms with Gasteiger partial charge in [-0.1, -0.05) is 52.7 Å². The van der Waals surface area contributed by atoms with Crippen LogP contribution in [0.25, 0.3) is 0 Å². The van der Waals surface area contributed by atoms with Gasteiger partial charge >= 0.3 is 0 Å². The van der Waals surface area contributed by atoms with Gasteiger partial charge in [-0.15, -0.1) is 11.8 Å². The molecule has 19 heavy (non-hydrogen) atoms. The Morgan fingerprint density at radius 3 is 2.11 bits per heavy atom. The monoisotopic (exact) mass is 279 g/mol. The number of benzene rings is 1. The van der Waals surface area contributed by atoms with Gasteiger partial charge in [-0.05, 0) is 42.3 Å². The Labute approximate surface area is 123 Å². The van der Waals surface area contributed by atoms with E-state index in [0.29, 0.717) is 6.04 Å². The molecule has 108 valence electrons. The average Bonchev–Trinajstić information content (AvgIpc) is 2.45. The minimum absolute atomic E-state index is 0.510. The fraction of sp³-hybridized carbons (Fsp3) is 0.647. The van der Waals surface area contributed by atoms with E-state index < -0.39 is 0 Å². The average molecular weight is 279 g/mol. The molecule has 1 aromatic rings. The minimum Gasteiger partial charge on any atom is -0.310 e. The Hall–Kier alpha value is -0.470. The number of thioether (sulfide) groups is 1. The number of hydrogen-bond donors (Lipinski definition) is 1. The van der Waals surface area contributed by atoms with Gasteiger partial charge in [0.25, 0.3) is 0 Å². The maximum Gasteiger partial charge on any atom is 0.0322 e. The van der Waals surface area contributed by atoms with E-state index in [0.717, 1.165) is 18.2 Å². The van der Waals surface area contributed by atoms with Gasteiger partial charge in [0.05, 0.1) is 0 Å². The summed E-state index contributed by atoms with van der Waals surface area (Å²) in [6.45, 7) is 10.0. The summed E-state index contributed by atoms with van der Waals surface area (Å²) in [5, 5.41) is 3.64. The Morgan fingerprint density at radius 1 is 1.00 bits per heavy atom. The van der Waals surface area contributed by atoms with Crippen molar-refractivity contribution in [3.8, 4) is 0 Å². The molecule has 0 heterocycles.